The second-order valence-corrected chi connectivity index (χ2v) is 5.88. The van der Waals surface area contributed by atoms with Crippen molar-refractivity contribution in [1.82, 2.24) is 4.98 Å². The van der Waals surface area contributed by atoms with Gasteiger partial charge in [0.25, 0.3) is 5.91 Å². The minimum Gasteiger partial charge on any atom is -0.619 e. The number of carbonyl (C=O) groups is 1. The summed E-state index contributed by atoms with van der Waals surface area (Å²) in [5, 5.41) is 14.3. The van der Waals surface area contributed by atoms with Crippen molar-refractivity contribution in [2.45, 2.75) is 13.8 Å². The van der Waals surface area contributed by atoms with Gasteiger partial charge in [0, 0.05) is 12.1 Å². The first kappa shape index (κ1) is 13.5. The zero-order chi connectivity index (χ0) is 15.0. The van der Waals surface area contributed by atoms with Gasteiger partial charge in [-0.3, -0.25) is 10.1 Å². The summed E-state index contributed by atoms with van der Waals surface area (Å²) in [4.78, 5) is 16.6. The van der Waals surface area contributed by atoms with Crippen LogP contribution in [0.5, 0.6) is 0 Å². The van der Waals surface area contributed by atoms with E-state index in [9.17, 15) is 10.0 Å². The number of anilines is 1. The molecule has 0 unspecified atom stereocenters. The molecule has 0 atom stereocenters. The molecule has 0 fully saturated rings. The molecule has 0 aliphatic rings. The van der Waals surface area contributed by atoms with E-state index in [0.717, 1.165) is 15.8 Å². The number of hydrogen-bond acceptors (Lipinski definition) is 4. The number of hydrogen-bond donors (Lipinski definition) is 1. The summed E-state index contributed by atoms with van der Waals surface area (Å²) in [5.74, 6) is -0.274. The van der Waals surface area contributed by atoms with E-state index in [-0.39, 0.29) is 5.91 Å². The third-order valence-electron chi connectivity index (χ3n) is 3.11. The van der Waals surface area contributed by atoms with Crippen LogP contribution in [0.4, 0.5) is 5.13 Å². The molecule has 1 amide bonds. The van der Waals surface area contributed by atoms with Crippen LogP contribution in [0.2, 0.25) is 0 Å². The minimum atomic E-state index is -0.274. The Labute approximate surface area is 125 Å². The molecule has 5 nitrogen and oxygen atoms in total. The van der Waals surface area contributed by atoms with Crippen molar-refractivity contribution >= 4 is 32.6 Å². The number of pyridine rings is 1. The molecule has 2 aromatic heterocycles. The molecule has 1 aromatic carbocycles. The molecule has 3 aromatic rings. The van der Waals surface area contributed by atoms with E-state index in [2.05, 4.69) is 22.4 Å². The number of nitrogens with one attached hydrogen (secondary N) is 1. The van der Waals surface area contributed by atoms with Crippen LogP contribution in [0.15, 0.2) is 36.7 Å². The lowest BCUT2D eigenvalue weighted by molar-refractivity contribution is -0.605. The molecule has 1 N–H and O–H groups in total. The van der Waals surface area contributed by atoms with Gasteiger partial charge in [0.2, 0.25) is 0 Å². The fourth-order valence-corrected chi connectivity index (χ4v) is 3.19. The Morgan fingerprint density at radius 1 is 1.29 bits per heavy atom. The number of aromatic nitrogens is 2. The van der Waals surface area contributed by atoms with Crippen molar-refractivity contribution < 1.29 is 9.52 Å². The average Bonchev–Trinajstić information content (AvgIpc) is 2.82. The lowest BCUT2D eigenvalue weighted by Gasteiger charge is -2.01. The number of benzene rings is 1. The highest BCUT2D eigenvalue weighted by Crippen LogP contribution is 2.29. The number of rotatable bonds is 2. The molecule has 3 rings (SSSR count). The van der Waals surface area contributed by atoms with Gasteiger partial charge in [-0.2, -0.15) is 4.73 Å². The summed E-state index contributed by atoms with van der Waals surface area (Å²) < 4.78 is 1.69. The zero-order valence-corrected chi connectivity index (χ0v) is 12.4. The smallest absolute Gasteiger partial charge is 0.257 e. The highest BCUT2D eigenvalue weighted by molar-refractivity contribution is 7.22. The number of aryl methyl sites for hydroxylation is 2. The molecule has 0 bridgehead atoms. The third-order valence-corrected chi connectivity index (χ3v) is 4.03. The summed E-state index contributed by atoms with van der Waals surface area (Å²) in [6.45, 7) is 4.04. The van der Waals surface area contributed by atoms with E-state index >= 15 is 0 Å². The van der Waals surface area contributed by atoms with Gasteiger partial charge in [0.1, 0.15) is 0 Å². The van der Waals surface area contributed by atoms with Gasteiger partial charge in [-0.15, -0.1) is 0 Å². The molecule has 0 radical (unpaired) electrons. The largest absolute Gasteiger partial charge is 0.619 e. The van der Waals surface area contributed by atoms with Gasteiger partial charge >= 0.3 is 0 Å². The molecule has 0 aliphatic heterocycles. The minimum absolute atomic E-state index is 0.274. The van der Waals surface area contributed by atoms with E-state index in [1.165, 1.54) is 41.4 Å². The Morgan fingerprint density at radius 2 is 2.00 bits per heavy atom. The Balaban J connectivity index is 1.89. The Hall–Kier alpha value is -2.47. The molecule has 0 saturated carbocycles. The van der Waals surface area contributed by atoms with Crippen LogP contribution < -0.4 is 10.0 Å². The average molecular weight is 299 g/mol. The van der Waals surface area contributed by atoms with Crippen LogP contribution in [0.3, 0.4) is 0 Å². The van der Waals surface area contributed by atoms with E-state index in [4.69, 9.17) is 0 Å². The standard InChI is InChI=1S/C15H13N3O2S/c1-9-7-10(2)13-12(8-9)21-15(16-13)17-14(19)11-3-5-18(20)6-4-11/h3-8H,1-2H3,(H,16,17,19). The second kappa shape index (κ2) is 5.14. The maximum absolute atomic E-state index is 12.1. The molecular weight excluding hydrogens is 286 g/mol. The van der Waals surface area contributed by atoms with Gasteiger partial charge in [-0.05, 0) is 31.0 Å². The lowest BCUT2D eigenvalue weighted by Crippen LogP contribution is -2.25. The van der Waals surface area contributed by atoms with Crippen LogP contribution in [-0.2, 0) is 0 Å². The summed E-state index contributed by atoms with van der Waals surface area (Å²) in [6.07, 6.45) is 2.58. The molecule has 106 valence electrons. The molecular formula is C15H13N3O2S. The maximum Gasteiger partial charge on any atom is 0.257 e. The van der Waals surface area contributed by atoms with E-state index in [1.54, 1.807) is 0 Å². The topological polar surface area (TPSA) is 68.9 Å². The third kappa shape index (κ3) is 2.71. The van der Waals surface area contributed by atoms with Crippen LogP contribution in [-0.4, -0.2) is 10.9 Å². The van der Waals surface area contributed by atoms with Crippen LogP contribution in [0.25, 0.3) is 10.2 Å². The summed E-state index contributed by atoms with van der Waals surface area (Å²) in [6, 6.07) is 7.08. The van der Waals surface area contributed by atoms with Crippen molar-refractivity contribution in [1.29, 1.82) is 0 Å². The molecule has 2 heterocycles. The summed E-state index contributed by atoms with van der Waals surface area (Å²) in [7, 11) is 0. The van der Waals surface area contributed by atoms with Gasteiger partial charge in [-0.1, -0.05) is 17.4 Å². The number of carbonyl (C=O) groups excluding carboxylic acids is 1. The van der Waals surface area contributed by atoms with E-state index in [1.807, 2.05) is 13.8 Å². The predicted octanol–water partition coefficient (Wildman–Crippen LogP) is 2.80. The Bertz CT molecular complexity index is 825. The zero-order valence-electron chi connectivity index (χ0n) is 11.6. The second-order valence-electron chi connectivity index (χ2n) is 4.85. The molecule has 0 saturated heterocycles. The Kier molecular flexibility index (Phi) is 3.31. The number of nitrogens with zero attached hydrogens (tertiary/aromatic N) is 2. The summed E-state index contributed by atoms with van der Waals surface area (Å²) in [5.41, 5.74) is 3.60. The van der Waals surface area contributed by atoms with Gasteiger partial charge in [-0.25, -0.2) is 4.98 Å². The first-order chi connectivity index (χ1) is 10.0. The quantitative estimate of drug-likeness (QED) is 0.584. The van der Waals surface area contributed by atoms with Crippen LogP contribution in [0.1, 0.15) is 21.5 Å². The normalized spacial score (nSPS) is 10.8. The highest BCUT2D eigenvalue weighted by Gasteiger charge is 2.12. The molecule has 0 spiro atoms. The number of amides is 1. The fraction of sp³-hybridized carbons (Fsp3) is 0.133. The first-order valence-electron chi connectivity index (χ1n) is 6.41. The number of thiazole rings is 1. The monoisotopic (exact) mass is 299 g/mol. The SMILES string of the molecule is Cc1cc(C)c2nc(NC(=O)c3cc[n+]([O-])cc3)sc2c1. The van der Waals surface area contributed by atoms with Gasteiger partial charge in [0.05, 0.1) is 15.8 Å². The first-order valence-corrected chi connectivity index (χ1v) is 7.22. The van der Waals surface area contributed by atoms with Crippen LogP contribution in [0, 0.1) is 19.1 Å². The lowest BCUT2D eigenvalue weighted by atomic mass is 10.1. The molecule has 6 heteroatoms. The van der Waals surface area contributed by atoms with Crippen molar-refractivity contribution in [2.75, 3.05) is 5.32 Å². The highest BCUT2D eigenvalue weighted by atomic mass is 32.1. The van der Waals surface area contributed by atoms with E-state index in [0.29, 0.717) is 15.4 Å². The Morgan fingerprint density at radius 3 is 2.71 bits per heavy atom. The van der Waals surface area contributed by atoms with Crippen molar-refractivity contribution in [3.8, 4) is 0 Å². The van der Waals surface area contributed by atoms with Crippen molar-refractivity contribution in [2.24, 2.45) is 0 Å². The summed E-state index contributed by atoms with van der Waals surface area (Å²) >= 11 is 1.44. The molecule has 21 heavy (non-hydrogen) atoms. The van der Waals surface area contributed by atoms with Crippen LogP contribution >= 0.6 is 11.3 Å². The van der Waals surface area contributed by atoms with Gasteiger partial charge in [0.15, 0.2) is 17.5 Å². The predicted molar refractivity (Wildman–Crippen MR) is 82.4 cm³/mol. The van der Waals surface area contributed by atoms with Gasteiger partial charge < -0.3 is 5.21 Å². The maximum atomic E-state index is 12.1. The molecule has 0 aliphatic carbocycles. The van der Waals surface area contributed by atoms with Crippen molar-refractivity contribution in [3.63, 3.8) is 0 Å². The van der Waals surface area contributed by atoms with Crippen molar-refractivity contribution in [3.05, 3.63) is 58.6 Å². The fourth-order valence-electron chi connectivity index (χ4n) is 2.16. The number of fused-ring (bicyclic) bond motifs is 1. The van der Waals surface area contributed by atoms with E-state index < -0.39 is 0 Å².